The van der Waals surface area contributed by atoms with Gasteiger partial charge in [0.05, 0.1) is 0 Å². The molecule has 0 bridgehead atoms. The second-order valence-corrected chi connectivity index (χ2v) is 9.05. The molecule has 29 heavy (non-hydrogen) atoms. The molecule has 1 aliphatic rings. The van der Waals surface area contributed by atoms with Crippen molar-refractivity contribution in [3.05, 3.63) is 35.0 Å². The number of nitrogens with zero attached hydrogens (tertiary/aromatic N) is 1. The standard InChI is InChI=1S/C23H33N3O3/c1-15-6-7-19-18(14-15)16(2)21(25-19)17-9-12-26(13-10-17)20(27)8-11-24-22(28)29-23(3,4)5/h6-7,14,17,25H,8-13H2,1-5H3,(H,24,28). The zero-order valence-corrected chi connectivity index (χ0v) is 18.2. The molecule has 1 aromatic carbocycles. The van der Waals surface area contributed by atoms with Crippen LogP contribution < -0.4 is 5.32 Å². The van der Waals surface area contributed by atoms with Crippen LogP contribution in [0.1, 0.15) is 62.8 Å². The maximum absolute atomic E-state index is 12.5. The summed E-state index contributed by atoms with van der Waals surface area (Å²) in [7, 11) is 0. The van der Waals surface area contributed by atoms with Crippen molar-refractivity contribution in [1.29, 1.82) is 0 Å². The molecular formula is C23H33N3O3. The zero-order chi connectivity index (χ0) is 21.2. The topological polar surface area (TPSA) is 74.4 Å². The third kappa shape index (κ3) is 5.31. The van der Waals surface area contributed by atoms with Gasteiger partial charge < -0.3 is 19.9 Å². The number of benzene rings is 1. The fourth-order valence-electron chi connectivity index (χ4n) is 4.03. The van der Waals surface area contributed by atoms with E-state index in [2.05, 4.69) is 42.3 Å². The number of fused-ring (bicyclic) bond motifs is 1. The summed E-state index contributed by atoms with van der Waals surface area (Å²) in [4.78, 5) is 29.7. The average Bonchev–Trinajstić information content (AvgIpc) is 2.96. The second kappa shape index (κ2) is 8.47. The predicted molar refractivity (Wildman–Crippen MR) is 115 cm³/mol. The molecule has 0 radical (unpaired) electrons. The minimum Gasteiger partial charge on any atom is -0.444 e. The van der Waals surface area contributed by atoms with Gasteiger partial charge >= 0.3 is 6.09 Å². The van der Waals surface area contributed by atoms with E-state index in [0.29, 0.717) is 18.9 Å². The zero-order valence-electron chi connectivity index (χ0n) is 18.2. The monoisotopic (exact) mass is 399 g/mol. The molecule has 158 valence electrons. The molecule has 0 aliphatic carbocycles. The SMILES string of the molecule is Cc1ccc2[nH]c(C3CCN(C(=O)CCNC(=O)OC(C)(C)C)CC3)c(C)c2c1. The lowest BCUT2D eigenvalue weighted by molar-refractivity contribution is -0.132. The summed E-state index contributed by atoms with van der Waals surface area (Å²) in [6, 6.07) is 6.52. The van der Waals surface area contributed by atoms with Crippen molar-refractivity contribution in [2.45, 2.75) is 65.4 Å². The number of carbonyl (C=O) groups excluding carboxylic acids is 2. The van der Waals surface area contributed by atoms with Crippen LogP contribution in [-0.4, -0.2) is 47.1 Å². The normalized spacial score (nSPS) is 15.6. The van der Waals surface area contributed by atoms with Crippen molar-refractivity contribution >= 4 is 22.9 Å². The van der Waals surface area contributed by atoms with E-state index < -0.39 is 11.7 Å². The number of alkyl carbamates (subject to hydrolysis) is 1. The number of nitrogens with one attached hydrogen (secondary N) is 2. The first-order valence-corrected chi connectivity index (χ1v) is 10.5. The van der Waals surface area contributed by atoms with Crippen LogP contribution in [0.3, 0.4) is 0 Å². The molecule has 0 unspecified atom stereocenters. The molecular weight excluding hydrogens is 366 g/mol. The highest BCUT2D eigenvalue weighted by Crippen LogP contribution is 2.33. The van der Waals surface area contributed by atoms with E-state index in [1.165, 1.54) is 27.7 Å². The van der Waals surface area contributed by atoms with Crippen LogP contribution in [0.25, 0.3) is 10.9 Å². The van der Waals surface area contributed by atoms with Crippen molar-refractivity contribution in [3.8, 4) is 0 Å². The highest BCUT2D eigenvalue weighted by molar-refractivity contribution is 5.85. The summed E-state index contributed by atoms with van der Waals surface area (Å²) < 4.78 is 5.19. The molecule has 3 rings (SSSR count). The highest BCUT2D eigenvalue weighted by atomic mass is 16.6. The molecule has 6 heteroatoms. The summed E-state index contributed by atoms with van der Waals surface area (Å²) in [6.45, 7) is 11.6. The number of H-pyrrole nitrogens is 1. The Morgan fingerprint density at radius 2 is 1.90 bits per heavy atom. The Bertz CT molecular complexity index is 887. The number of piperidine rings is 1. The number of rotatable bonds is 4. The van der Waals surface area contributed by atoms with Gasteiger partial charge in [-0.1, -0.05) is 11.6 Å². The van der Waals surface area contributed by atoms with Crippen molar-refractivity contribution in [2.75, 3.05) is 19.6 Å². The van der Waals surface area contributed by atoms with E-state index >= 15 is 0 Å². The maximum atomic E-state index is 12.5. The first-order valence-electron chi connectivity index (χ1n) is 10.5. The molecule has 0 spiro atoms. The largest absolute Gasteiger partial charge is 0.444 e. The van der Waals surface area contributed by atoms with Crippen LogP contribution in [0.5, 0.6) is 0 Å². The number of hydrogen-bond donors (Lipinski definition) is 2. The number of hydrogen-bond acceptors (Lipinski definition) is 3. The number of aromatic amines is 1. The predicted octanol–water partition coefficient (Wildman–Crippen LogP) is 4.41. The minimum atomic E-state index is -0.532. The van der Waals surface area contributed by atoms with Crippen LogP contribution in [0.15, 0.2) is 18.2 Å². The van der Waals surface area contributed by atoms with Gasteiger partial charge in [0.15, 0.2) is 0 Å². The number of aromatic nitrogens is 1. The number of likely N-dealkylation sites (tertiary alicyclic amines) is 1. The van der Waals surface area contributed by atoms with Crippen molar-refractivity contribution in [1.82, 2.24) is 15.2 Å². The Hall–Kier alpha value is -2.50. The first-order chi connectivity index (χ1) is 13.6. The van der Waals surface area contributed by atoms with E-state index in [-0.39, 0.29) is 5.91 Å². The summed E-state index contributed by atoms with van der Waals surface area (Å²) in [6.07, 6.45) is 1.73. The molecule has 0 saturated carbocycles. The lowest BCUT2D eigenvalue weighted by atomic mass is 9.91. The van der Waals surface area contributed by atoms with Crippen LogP contribution >= 0.6 is 0 Å². The van der Waals surface area contributed by atoms with Gasteiger partial charge in [-0.25, -0.2) is 4.79 Å². The molecule has 1 saturated heterocycles. The van der Waals surface area contributed by atoms with Gasteiger partial charge in [0.2, 0.25) is 5.91 Å². The fraction of sp³-hybridized carbons (Fsp3) is 0.565. The molecule has 1 fully saturated rings. The maximum Gasteiger partial charge on any atom is 0.407 e. The first kappa shape index (κ1) is 21.2. The van der Waals surface area contributed by atoms with E-state index in [1.807, 2.05) is 25.7 Å². The van der Waals surface area contributed by atoms with Crippen molar-refractivity contribution in [3.63, 3.8) is 0 Å². The Balaban J connectivity index is 1.50. The summed E-state index contributed by atoms with van der Waals surface area (Å²) in [5.41, 5.74) is 4.57. The molecule has 1 aromatic heterocycles. The number of aryl methyl sites for hydroxylation is 2. The lowest BCUT2D eigenvalue weighted by Gasteiger charge is -2.32. The van der Waals surface area contributed by atoms with E-state index in [1.54, 1.807) is 0 Å². The van der Waals surface area contributed by atoms with Gasteiger partial charge in [-0.05, 0) is 65.2 Å². The van der Waals surface area contributed by atoms with Crippen LogP contribution in [-0.2, 0) is 9.53 Å². The molecule has 6 nitrogen and oxygen atoms in total. The van der Waals surface area contributed by atoms with Crippen molar-refractivity contribution < 1.29 is 14.3 Å². The van der Waals surface area contributed by atoms with Gasteiger partial charge in [-0.15, -0.1) is 0 Å². The minimum absolute atomic E-state index is 0.0866. The van der Waals surface area contributed by atoms with Crippen LogP contribution in [0, 0.1) is 13.8 Å². The Kier molecular flexibility index (Phi) is 6.20. The number of ether oxygens (including phenoxy) is 1. The highest BCUT2D eigenvalue weighted by Gasteiger charge is 2.26. The Labute approximate surface area is 173 Å². The fourth-order valence-corrected chi connectivity index (χ4v) is 4.03. The third-order valence-electron chi connectivity index (χ3n) is 5.52. The van der Waals surface area contributed by atoms with Crippen LogP contribution in [0.4, 0.5) is 4.79 Å². The molecule has 2 aromatic rings. The number of amides is 2. The molecule has 2 amide bonds. The summed E-state index contributed by atoms with van der Waals surface area (Å²) in [5, 5.41) is 3.95. The molecule has 1 aliphatic heterocycles. The second-order valence-electron chi connectivity index (χ2n) is 9.05. The van der Waals surface area contributed by atoms with Crippen molar-refractivity contribution in [2.24, 2.45) is 0 Å². The average molecular weight is 400 g/mol. The van der Waals surface area contributed by atoms with Gasteiger partial charge in [-0.3, -0.25) is 4.79 Å². The van der Waals surface area contributed by atoms with E-state index in [0.717, 1.165) is 25.9 Å². The molecule has 2 N–H and O–H groups in total. The van der Waals surface area contributed by atoms with Gasteiger partial charge in [-0.2, -0.15) is 0 Å². The molecule has 0 atom stereocenters. The number of carbonyl (C=O) groups is 2. The molecule has 2 heterocycles. The van der Waals surface area contributed by atoms with Gasteiger partial charge in [0.1, 0.15) is 5.60 Å². The summed E-state index contributed by atoms with van der Waals surface area (Å²) >= 11 is 0. The lowest BCUT2D eigenvalue weighted by Crippen LogP contribution is -2.40. The Morgan fingerprint density at radius 1 is 1.21 bits per heavy atom. The van der Waals surface area contributed by atoms with Gasteiger partial charge in [0.25, 0.3) is 0 Å². The summed E-state index contributed by atoms with van der Waals surface area (Å²) in [5.74, 6) is 0.537. The Morgan fingerprint density at radius 3 is 2.55 bits per heavy atom. The smallest absolute Gasteiger partial charge is 0.407 e. The van der Waals surface area contributed by atoms with Gasteiger partial charge in [0, 0.05) is 48.6 Å². The third-order valence-corrected chi connectivity index (χ3v) is 5.52. The van der Waals surface area contributed by atoms with E-state index in [4.69, 9.17) is 4.74 Å². The van der Waals surface area contributed by atoms with E-state index in [9.17, 15) is 9.59 Å². The van der Waals surface area contributed by atoms with Crippen LogP contribution in [0.2, 0.25) is 0 Å². The quantitative estimate of drug-likeness (QED) is 0.800.